The van der Waals surface area contributed by atoms with Crippen LogP contribution in [0.15, 0.2) is 83.4 Å². The third-order valence-corrected chi connectivity index (χ3v) is 7.22. The summed E-state index contributed by atoms with van der Waals surface area (Å²) in [5.41, 5.74) is 4.08. The van der Waals surface area contributed by atoms with Gasteiger partial charge in [-0.1, -0.05) is 54.2 Å². The lowest BCUT2D eigenvalue weighted by Gasteiger charge is -2.19. The van der Waals surface area contributed by atoms with Gasteiger partial charge < -0.3 is 10.1 Å². The summed E-state index contributed by atoms with van der Waals surface area (Å²) in [6.07, 6.45) is 0.456. The molecule has 1 saturated heterocycles. The number of nitrogens with one attached hydrogen (secondary N) is 1. The van der Waals surface area contributed by atoms with E-state index < -0.39 is 11.2 Å². The van der Waals surface area contributed by atoms with Gasteiger partial charge in [-0.25, -0.2) is 0 Å². The second kappa shape index (κ2) is 10.5. The molecule has 4 rings (SSSR count). The number of carbonyl (C=O) groups excluding carboxylic acids is 2. The number of thioether (sulfide) groups is 1. The van der Waals surface area contributed by atoms with Gasteiger partial charge in [-0.05, 0) is 67.3 Å². The van der Waals surface area contributed by atoms with Crippen molar-refractivity contribution in [2.24, 2.45) is 0 Å². The molecular weight excluding hydrogens is 458 g/mol. The zero-order chi connectivity index (χ0) is 24.9. The van der Waals surface area contributed by atoms with Crippen molar-refractivity contribution in [3.63, 3.8) is 0 Å². The van der Waals surface area contributed by atoms with Crippen LogP contribution in [-0.2, 0) is 16.0 Å². The number of ether oxygens (including phenoxy) is 1. The summed E-state index contributed by atoms with van der Waals surface area (Å²) in [5.74, 6) is 0.0300. The van der Waals surface area contributed by atoms with E-state index in [1.54, 1.807) is 25.3 Å². The predicted octanol–water partition coefficient (Wildman–Crippen LogP) is 5.38. The van der Waals surface area contributed by atoms with E-state index in [0.29, 0.717) is 22.8 Å². The molecule has 1 aliphatic rings. The van der Waals surface area contributed by atoms with Crippen molar-refractivity contribution in [3.8, 4) is 11.8 Å². The quantitative estimate of drug-likeness (QED) is 0.376. The Morgan fingerprint density at radius 2 is 1.77 bits per heavy atom. The fourth-order valence-electron chi connectivity index (χ4n) is 3.85. The summed E-state index contributed by atoms with van der Waals surface area (Å²) in [6.45, 7) is 3.88. The van der Waals surface area contributed by atoms with Gasteiger partial charge in [-0.3, -0.25) is 14.5 Å². The van der Waals surface area contributed by atoms with Crippen molar-refractivity contribution in [1.29, 1.82) is 5.26 Å². The van der Waals surface area contributed by atoms with Crippen LogP contribution in [0.5, 0.6) is 5.75 Å². The highest BCUT2D eigenvalue weighted by molar-refractivity contribution is 8.05. The summed E-state index contributed by atoms with van der Waals surface area (Å²) < 4.78 is 5.22. The third kappa shape index (κ3) is 5.08. The number of aryl methyl sites for hydroxylation is 1. The third-order valence-electron chi connectivity index (χ3n) is 5.95. The Kier molecular flexibility index (Phi) is 7.23. The Labute approximate surface area is 209 Å². The highest BCUT2D eigenvalue weighted by Gasteiger charge is 2.40. The number of para-hydroxylation sites is 1. The molecule has 176 valence electrons. The number of hydrogen-bond donors (Lipinski definition) is 1. The average Bonchev–Trinajstić information content (AvgIpc) is 3.18. The zero-order valence-electron chi connectivity index (χ0n) is 19.7. The number of carbonyl (C=O) groups is 2. The molecule has 3 aromatic carbocycles. The molecule has 1 aliphatic heterocycles. The molecule has 0 saturated carbocycles. The van der Waals surface area contributed by atoms with Gasteiger partial charge >= 0.3 is 0 Å². The largest absolute Gasteiger partial charge is 0.497 e. The second-order valence-corrected chi connectivity index (χ2v) is 9.35. The van der Waals surface area contributed by atoms with Gasteiger partial charge in [0.25, 0.3) is 5.91 Å². The van der Waals surface area contributed by atoms with Crippen molar-refractivity contribution in [3.05, 3.63) is 100 Å². The molecule has 1 fully saturated rings. The summed E-state index contributed by atoms with van der Waals surface area (Å²) in [5, 5.41) is 12.7. The number of nitriles is 1. The summed E-state index contributed by atoms with van der Waals surface area (Å²) in [7, 11) is 1.60. The molecule has 2 amide bonds. The van der Waals surface area contributed by atoms with Crippen molar-refractivity contribution < 1.29 is 14.3 Å². The number of methoxy groups -OCH3 is 1. The highest BCUT2D eigenvalue weighted by atomic mass is 32.2. The SMILES string of the molecule is COc1ccc(C[C@@H]2S/C(=C(\C#N)C(=O)Nc3cccc(C)c3C)N(c3ccccc3)C2=O)cc1. The first-order chi connectivity index (χ1) is 16.9. The molecule has 1 heterocycles. The van der Waals surface area contributed by atoms with Gasteiger partial charge in [0.2, 0.25) is 5.91 Å². The van der Waals surface area contributed by atoms with Crippen molar-refractivity contribution in [1.82, 2.24) is 0 Å². The van der Waals surface area contributed by atoms with Crippen molar-refractivity contribution >= 4 is 35.0 Å². The van der Waals surface area contributed by atoms with E-state index in [-0.39, 0.29) is 11.5 Å². The number of anilines is 2. The Hall–Kier alpha value is -4.02. The molecule has 0 unspecified atom stereocenters. The Balaban J connectivity index is 1.70. The van der Waals surface area contributed by atoms with E-state index in [2.05, 4.69) is 11.4 Å². The summed E-state index contributed by atoms with van der Waals surface area (Å²) in [6, 6.07) is 24.3. The predicted molar refractivity (Wildman–Crippen MR) is 139 cm³/mol. The van der Waals surface area contributed by atoms with Crippen molar-refractivity contribution in [2.75, 3.05) is 17.3 Å². The van der Waals surface area contributed by atoms with Gasteiger partial charge in [0.15, 0.2) is 0 Å². The van der Waals surface area contributed by atoms with Crippen LogP contribution < -0.4 is 15.0 Å². The van der Waals surface area contributed by atoms with Crippen LogP contribution in [0.3, 0.4) is 0 Å². The first-order valence-corrected chi connectivity index (χ1v) is 12.0. The fraction of sp³-hybridized carbons (Fsp3) is 0.179. The molecule has 7 heteroatoms. The van der Waals surface area contributed by atoms with Crippen LogP contribution in [0.2, 0.25) is 0 Å². The molecule has 35 heavy (non-hydrogen) atoms. The zero-order valence-corrected chi connectivity index (χ0v) is 20.6. The molecule has 0 bridgehead atoms. The van der Waals surface area contributed by atoms with Gasteiger partial charge in [-0.15, -0.1) is 0 Å². The topological polar surface area (TPSA) is 82.4 Å². The van der Waals surface area contributed by atoms with E-state index in [4.69, 9.17) is 4.74 Å². The minimum Gasteiger partial charge on any atom is -0.497 e. The average molecular weight is 484 g/mol. The number of hydrogen-bond acceptors (Lipinski definition) is 5. The fourth-order valence-corrected chi connectivity index (χ4v) is 5.15. The van der Waals surface area contributed by atoms with Crippen LogP contribution in [0.4, 0.5) is 11.4 Å². The lowest BCUT2D eigenvalue weighted by molar-refractivity contribution is -0.117. The molecular formula is C28H25N3O3S. The maximum absolute atomic E-state index is 13.5. The molecule has 1 N–H and O–H groups in total. The molecule has 6 nitrogen and oxygen atoms in total. The van der Waals surface area contributed by atoms with E-state index in [1.807, 2.05) is 68.4 Å². The minimum absolute atomic E-state index is 0.0923. The van der Waals surface area contributed by atoms with Crippen LogP contribution in [0.1, 0.15) is 16.7 Å². The summed E-state index contributed by atoms with van der Waals surface area (Å²) >= 11 is 1.25. The minimum atomic E-state index is -0.539. The van der Waals surface area contributed by atoms with Crippen LogP contribution in [-0.4, -0.2) is 24.2 Å². The van der Waals surface area contributed by atoms with Gasteiger partial charge in [0.05, 0.1) is 12.4 Å². The highest BCUT2D eigenvalue weighted by Crippen LogP contribution is 2.42. The van der Waals surface area contributed by atoms with E-state index in [0.717, 1.165) is 22.4 Å². The van der Waals surface area contributed by atoms with E-state index >= 15 is 0 Å². The van der Waals surface area contributed by atoms with Gasteiger partial charge in [-0.2, -0.15) is 5.26 Å². The number of nitrogens with zero attached hydrogens (tertiary/aromatic N) is 2. The van der Waals surface area contributed by atoms with Crippen molar-refractivity contribution in [2.45, 2.75) is 25.5 Å². The monoisotopic (exact) mass is 483 g/mol. The number of rotatable bonds is 6. The summed E-state index contributed by atoms with van der Waals surface area (Å²) in [4.78, 5) is 28.3. The smallest absolute Gasteiger partial charge is 0.269 e. The first kappa shape index (κ1) is 24.1. The lowest BCUT2D eigenvalue weighted by atomic mass is 10.1. The van der Waals surface area contributed by atoms with Crippen LogP contribution in [0.25, 0.3) is 0 Å². The van der Waals surface area contributed by atoms with E-state index in [9.17, 15) is 14.9 Å². The maximum Gasteiger partial charge on any atom is 0.269 e. The maximum atomic E-state index is 13.5. The number of amides is 2. The lowest BCUT2D eigenvalue weighted by Crippen LogP contribution is -2.30. The number of benzene rings is 3. The Morgan fingerprint density at radius 1 is 1.06 bits per heavy atom. The first-order valence-electron chi connectivity index (χ1n) is 11.1. The normalized spacial score (nSPS) is 16.6. The van der Waals surface area contributed by atoms with Gasteiger partial charge in [0, 0.05) is 11.4 Å². The van der Waals surface area contributed by atoms with Crippen LogP contribution in [0, 0.1) is 25.2 Å². The standard InChI is InChI=1S/C28H25N3O3S/c1-18-8-7-11-24(19(18)2)30-26(32)23(17-29)28-31(21-9-5-4-6-10-21)27(33)25(35-28)16-20-12-14-22(34-3)15-13-20/h4-15,25H,16H2,1-3H3,(H,30,32)/b28-23+/t25-/m0/s1. The Morgan fingerprint density at radius 3 is 2.43 bits per heavy atom. The molecule has 3 aromatic rings. The van der Waals surface area contributed by atoms with Crippen LogP contribution >= 0.6 is 11.8 Å². The Bertz CT molecular complexity index is 1330. The van der Waals surface area contributed by atoms with Gasteiger partial charge in [0.1, 0.15) is 22.4 Å². The molecule has 1 atom stereocenters. The molecule has 0 aliphatic carbocycles. The second-order valence-electron chi connectivity index (χ2n) is 8.16. The van der Waals surface area contributed by atoms with E-state index in [1.165, 1.54) is 16.7 Å². The molecule has 0 aromatic heterocycles. The molecule has 0 spiro atoms. The molecule has 0 radical (unpaired) electrons.